The normalized spacial score (nSPS) is 24.2. The minimum atomic E-state index is -0.410. The smallest absolute Gasteiger partial charge is 0.246 e. The van der Waals surface area contributed by atoms with Gasteiger partial charge in [0.1, 0.15) is 12.1 Å². The van der Waals surface area contributed by atoms with E-state index in [1.54, 1.807) is 0 Å². The molecule has 4 heteroatoms. The van der Waals surface area contributed by atoms with E-state index in [-0.39, 0.29) is 23.3 Å². The molecule has 2 unspecified atom stereocenters. The summed E-state index contributed by atoms with van der Waals surface area (Å²) in [5, 5.41) is 2.92. The highest BCUT2D eigenvalue weighted by Crippen LogP contribution is 2.27. The average Bonchev–Trinajstić information content (AvgIpc) is 2.37. The van der Waals surface area contributed by atoms with Crippen LogP contribution in [-0.2, 0) is 9.59 Å². The van der Waals surface area contributed by atoms with E-state index in [4.69, 9.17) is 0 Å². The Bertz CT molecular complexity index is 356. The summed E-state index contributed by atoms with van der Waals surface area (Å²) < 4.78 is 0. The first-order chi connectivity index (χ1) is 9.26. The minimum Gasteiger partial charge on any atom is -0.342 e. The first kappa shape index (κ1) is 17.0. The van der Waals surface area contributed by atoms with E-state index in [0.717, 1.165) is 12.8 Å². The highest BCUT2D eigenvalue weighted by atomic mass is 16.2. The van der Waals surface area contributed by atoms with Crippen LogP contribution in [0.1, 0.15) is 60.8 Å². The Morgan fingerprint density at radius 3 is 2.10 bits per heavy atom. The molecule has 0 aromatic rings. The lowest BCUT2D eigenvalue weighted by atomic mass is 9.83. The lowest BCUT2D eigenvalue weighted by Crippen LogP contribution is -2.66. The van der Waals surface area contributed by atoms with Crippen molar-refractivity contribution in [2.45, 2.75) is 72.9 Å². The van der Waals surface area contributed by atoms with Crippen molar-refractivity contribution in [2.24, 2.45) is 11.3 Å². The number of hydrogen-bond acceptors (Lipinski definition) is 2. The van der Waals surface area contributed by atoms with Crippen LogP contribution in [0.5, 0.6) is 0 Å². The van der Waals surface area contributed by atoms with Crippen molar-refractivity contribution in [3.63, 3.8) is 0 Å². The molecule has 0 aromatic heterocycles. The number of piperazine rings is 1. The summed E-state index contributed by atoms with van der Waals surface area (Å²) in [5.41, 5.74) is -0.252. The maximum atomic E-state index is 12.8. The van der Waals surface area contributed by atoms with E-state index in [1.807, 2.05) is 32.6 Å². The van der Waals surface area contributed by atoms with Crippen LogP contribution in [0.25, 0.3) is 0 Å². The predicted molar refractivity (Wildman–Crippen MR) is 81.2 cm³/mol. The molecule has 0 bridgehead atoms. The van der Waals surface area contributed by atoms with Gasteiger partial charge >= 0.3 is 0 Å². The van der Waals surface area contributed by atoms with Gasteiger partial charge in [-0.05, 0) is 17.8 Å². The molecule has 1 aliphatic rings. The molecule has 1 heterocycles. The average molecular weight is 282 g/mol. The van der Waals surface area contributed by atoms with E-state index < -0.39 is 6.04 Å². The molecule has 116 valence electrons. The molecule has 0 radical (unpaired) electrons. The van der Waals surface area contributed by atoms with Crippen molar-refractivity contribution in [2.75, 3.05) is 6.54 Å². The van der Waals surface area contributed by atoms with Gasteiger partial charge in [-0.2, -0.15) is 0 Å². The van der Waals surface area contributed by atoms with Gasteiger partial charge in [-0.3, -0.25) is 9.59 Å². The molecule has 0 aromatic carbocycles. The molecule has 1 saturated heterocycles. The number of hydrogen-bond donors (Lipinski definition) is 1. The van der Waals surface area contributed by atoms with Crippen molar-refractivity contribution in [1.29, 1.82) is 0 Å². The molecular formula is C16H30N2O2. The number of carbonyl (C=O) groups is 2. The molecule has 2 amide bonds. The fourth-order valence-corrected chi connectivity index (χ4v) is 2.80. The van der Waals surface area contributed by atoms with Crippen LogP contribution in [-0.4, -0.2) is 35.3 Å². The Hall–Kier alpha value is -1.06. The molecule has 1 N–H and O–H groups in total. The van der Waals surface area contributed by atoms with Crippen molar-refractivity contribution in [3.8, 4) is 0 Å². The summed E-state index contributed by atoms with van der Waals surface area (Å²) in [7, 11) is 0. The van der Waals surface area contributed by atoms with Crippen LogP contribution in [0.2, 0.25) is 0 Å². The van der Waals surface area contributed by atoms with Crippen molar-refractivity contribution >= 4 is 11.8 Å². The molecule has 0 aliphatic carbocycles. The molecule has 4 nitrogen and oxygen atoms in total. The summed E-state index contributed by atoms with van der Waals surface area (Å²) in [5.74, 6) is 0.549. The second-order valence-electron chi connectivity index (χ2n) is 6.90. The number of carbonyl (C=O) groups excluding carboxylic acids is 2. The minimum absolute atomic E-state index is 0.00187. The highest BCUT2D eigenvalue weighted by Gasteiger charge is 2.44. The van der Waals surface area contributed by atoms with Gasteiger partial charge in [0.15, 0.2) is 0 Å². The zero-order valence-corrected chi connectivity index (χ0v) is 13.8. The van der Waals surface area contributed by atoms with E-state index >= 15 is 0 Å². The third-order valence-electron chi connectivity index (χ3n) is 4.36. The van der Waals surface area contributed by atoms with Gasteiger partial charge in [0, 0.05) is 6.54 Å². The Kier molecular flexibility index (Phi) is 5.60. The van der Waals surface area contributed by atoms with E-state index in [9.17, 15) is 9.59 Å². The number of amides is 2. The van der Waals surface area contributed by atoms with Gasteiger partial charge < -0.3 is 10.2 Å². The van der Waals surface area contributed by atoms with E-state index in [2.05, 4.69) is 19.2 Å². The molecule has 0 saturated carbocycles. The van der Waals surface area contributed by atoms with Crippen LogP contribution in [0.4, 0.5) is 0 Å². The largest absolute Gasteiger partial charge is 0.342 e. The van der Waals surface area contributed by atoms with Crippen molar-refractivity contribution in [1.82, 2.24) is 10.2 Å². The van der Waals surface area contributed by atoms with Crippen LogP contribution >= 0.6 is 0 Å². The third-order valence-corrected chi connectivity index (χ3v) is 4.36. The fourth-order valence-electron chi connectivity index (χ4n) is 2.80. The first-order valence-electron chi connectivity index (χ1n) is 7.87. The Morgan fingerprint density at radius 1 is 1.15 bits per heavy atom. The van der Waals surface area contributed by atoms with E-state index in [0.29, 0.717) is 18.9 Å². The quantitative estimate of drug-likeness (QED) is 0.842. The second-order valence-corrected chi connectivity index (χ2v) is 6.90. The van der Waals surface area contributed by atoms with Gasteiger partial charge in [0.05, 0.1) is 0 Å². The highest BCUT2D eigenvalue weighted by molar-refractivity contribution is 5.97. The Morgan fingerprint density at radius 2 is 1.70 bits per heavy atom. The van der Waals surface area contributed by atoms with Gasteiger partial charge in [0.25, 0.3) is 0 Å². The standard InChI is InChI=1S/C16H30N2O2/c1-7-11(8-2)10-18-12(9-3)14(19)17-13(15(18)20)16(4,5)6/h11-13H,7-10H2,1-6H3,(H,17,19). The van der Waals surface area contributed by atoms with Gasteiger partial charge in [0.2, 0.25) is 11.8 Å². The zero-order chi connectivity index (χ0) is 15.5. The van der Waals surface area contributed by atoms with Crippen molar-refractivity contribution in [3.05, 3.63) is 0 Å². The summed E-state index contributed by atoms with van der Waals surface area (Å²) in [6.45, 7) is 12.9. The first-order valence-corrected chi connectivity index (χ1v) is 7.87. The zero-order valence-electron chi connectivity index (χ0n) is 13.8. The molecule has 0 spiro atoms. The lowest BCUT2D eigenvalue weighted by molar-refractivity contribution is -0.153. The maximum absolute atomic E-state index is 12.8. The molecule has 1 rings (SSSR count). The lowest BCUT2D eigenvalue weighted by Gasteiger charge is -2.44. The fraction of sp³-hybridized carbons (Fsp3) is 0.875. The topological polar surface area (TPSA) is 49.4 Å². The van der Waals surface area contributed by atoms with Gasteiger partial charge in [-0.25, -0.2) is 0 Å². The van der Waals surface area contributed by atoms with Crippen molar-refractivity contribution < 1.29 is 9.59 Å². The van der Waals surface area contributed by atoms with Crippen LogP contribution < -0.4 is 5.32 Å². The van der Waals surface area contributed by atoms with Crippen LogP contribution in [0.15, 0.2) is 0 Å². The summed E-state index contributed by atoms with van der Waals surface area (Å²) in [6.07, 6.45) is 2.76. The monoisotopic (exact) mass is 282 g/mol. The molecular weight excluding hydrogens is 252 g/mol. The van der Waals surface area contributed by atoms with Crippen LogP contribution in [0, 0.1) is 11.3 Å². The molecule has 2 atom stereocenters. The Balaban J connectivity index is 3.00. The number of rotatable bonds is 5. The number of nitrogens with one attached hydrogen (secondary N) is 1. The second kappa shape index (κ2) is 6.59. The predicted octanol–water partition coefficient (Wildman–Crippen LogP) is 2.57. The van der Waals surface area contributed by atoms with Gasteiger partial charge in [-0.15, -0.1) is 0 Å². The summed E-state index contributed by atoms with van der Waals surface area (Å²) in [6, 6.07) is -0.714. The number of nitrogens with zero attached hydrogens (tertiary/aromatic N) is 1. The Labute approximate surface area is 123 Å². The molecule has 20 heavy (non-hydrogen) atoms. The summed E-state index contributed by atoms with van der Waals surface area (Å²) >= 11 is 0. The molecule has 1 fully saturated rings. The van der Waals surface area contributed by atoms with E-state index in [1.165, 1.54) is 0 Å². The molecule has 1 aliphatic heterocycles. The van der Waals surface area contributed by atoms with Gasteiger partial charge in [-0.1, -0.05) is 54.4 Å². The SMILES string of the molecule is CCC(CC)CN1C(=O)C(C(C)(C)C)NC(=O)C1CC. The summed E-state index contributed by atoms with van der Waals surface area (Å²) in [4.78, 5) is 26.9. The van der Waals surface area contributed by atoms with Crippen LogP contribution in [0.3, 0.4) is 0 Å². The third kappa shape index (κ3) is 3.53. The maximum Gasteiger partial charge on any atom is 0.246 e.